The number of nitrogens with zero attached hydrogens (tertiary/aromatic N) is 2. The Morgan fingerprint density at radius 3 is 2.76 bits per heavy atom. The van der Waals surface area contributed by atoms with Gasteiger partial charge in [0.1, 0.15) is 0 Å². The predicted molar refractivity (Wildman–Crippen MR) is 127 cm³/mol. The minimum atomic E-state index is -3.84. The van der Waals surface area contributed by atoms with Crippen LogP contribution in [0.4, 0.5) is 5.13 Å². The van der Waals surface area contributed by atoms with Crippen molar-refractivity contribution in [2.45, 2.75) is 37.0 Å². The first-order valence-corrected chi connectivity index (χ1v) is 13.1. The average Bonchev–Trinajstić information content (AvgIpc) is 3.44. The van der Waals surface area contributed by atoms with Crippen LogP contribution in [-0.4, -0.2) is 35.9 Å². The molecule has 172 valence electrons. The number of rotatable bonds is 7. The Kier molecular flexibility index (Phi) is 5.67. The molecule has 0 spiro atoms. The molecule has 1 aromatic carbocycles. The molecule has 0 unspecified atom stereocenters. The van der Waals surface area contributed by atoms with Crippen molar-refractivity contribution in [3.8, 4) is 5.88 Å². The fourth-order valence-corrected chi connectivity index (χ4v) is 6.09. The number of nitrogens with one attached hydrogen (secondary N) is 2. The molecule has 0 aliphatic heterocycles. The van der Waals surface area contributed by atoms with Crippen LogP contribution in [0.5, 0.6) is 5.88 Å². The van der Waals surface area contributed by atoms with E-state index in [0.29, 0.717) is 40.2 Å². The van der Waals surface area contributed by atoms with Crippen LogP contribution in [-0.2, 0) is 10.0 Å². The topological polar surface area (TPSA) is 140 Å². The Morgan fingerprint density at radius 2 is 2.03 bits per heavy atom. The van der Waals surface area contributed by atoms with E-state index in [1.807, 2.05) is 0 Å². The first kappa shape index (κ1) is 21.7. The third kappa shape index (κ3) is 4.38. The lowest BCUT2D eigenvalue weighted by Gasteiger charge is -2.21. The Hall–Kier alpha value is -3.18. The van der Waals surface area contributed by atoms with Gasteiger partial charge in [0.2, 0.25) is 5.88 Å². The molecule has 0 radical (unpaired) electrons. The molecule has 33 heavy (non-hydrogen) atoms. The largest absolute Gasteiger partial charge is 0.477 e. The minimum Gasteiger partial charge on any atom is -0.477 e. The molecule has 1 saturated carbocycles. The van der Waals surface area contributed by atoms with E-state index in [1.165, 1.54) is 42.9 Å². The summed E-state index contributed by atoms with van der Waals surface area (Å²) < 4.78 is 34.1. The molecule has 4 N–H and O–H groups in total. The van der Waals surface area contributed by atoms with Crippen LogP contribution in [0.15, 0.2) is 40.7 Å². The van der Waals surface area contributed by atoms with E-state index in [9.17, 15) is 13.2 Å². The molecule has 0 atom stereocenters. The number of benzene rings is 1. The van der Waals surface area contributed by atoms with Crippen molar-refractivity contribution in [2.24, 2.45) is 11.7 Å². The average molecular weight is 486 g/mol. The van der Waals surface area contributed by atoms with Gasteiger partial charge in [-0.3, -0.25) is 9.52 Å². The summed E-state index contributed by atoms with van der Waals surface area (Å²) in [4.78, 5) is 23.7. The number of hydrogen-bond donors (Lipinski definition) is 3. The van der Waals surface area contributed by atoms with Gasteiger partial charge in [0.25, 0.3) is 15.9 Å². The number of sulfonamides is 1. The Labute approximate surface area is 194 Å². The second-order valence-corrected chi connectivity index (χ2v) is 10.8. The number of ether oxygens (including phenoxy) is 1. The number of pyridine rings is 1. The Morgan fingerprint density at radius 1 is 1.21 bits per heavy atom. The molecule has 5 rings (SSSR count). The molecule has 3 aromatic heterocycles. The first-order chi connectivity index (χ1) is 15.9. The quantitative estimate of drug-likeness (QED) is 0.361. The monoisotopic (exact) mass is 485 g/mol. The number of aromatic amines is 1. The molecule has 1 amide bonds. The summed E-state index contributed by atoms with van der Waals surface area (Å²) in [6.07, 6.45) is 7.41. The SMILES string of the molecule is NC(=O)c1nc(OCC2CCCCC2)cc2c1[nH]c1ccc(S(=O)(=O)Nc3nccs3)cc12. The fourth-order valence-electron chi connectivity index (χ4n) is 4.27. The van der Waals surface area contributed by atoms with Crippen molar-refractivity contribution in [2.75, 3.05) is 11.3 Å². The minimum absolute atomic E-state index is 0.0626. The van der Waals surface area contributed by atoms with Gasteiger partial charge < -0.3 is 15.5 Å². The van der Waals surface area contributed by atoms with Crippen molar-refractivity contribution >= 4 is 54.2 Å². The molecule has 1 fully saturated rings. The van der Waals surface area contributed by atoms with E-state index in [4.69, 9.17) is 10.5 Å². The number of thiazole rings is 1. The second kappa shape index (κ2) is 8.64. The highest BCUT2D eigenvalue weighted by Crippen LogP contribution is 2.32. The summed E-state index contributed by atoms with van der Waals surface area (Å²) in [7, 11) is -3.84. The van der Waals surface area contributed by atoms with Gasteiger partial charge in [-0.05, 0) is 37.0 Å². The standard InChI is InChI=1S/C22H23N5O4S2/c23-21(28)20-19-16(11-18(26-20)31-12-13-4-2-1-3-5-13)15-10-14(6-7-17(15)25-19)33(29,30)27-22-24-8-9-32-22/h6-11,13,25H,1-5,12H2,(H2,23,28)(H,24,27). The van der Waals surface area contributed by atoms with Crippen LogP contribution in [0, 0.1) is 5.92 Å². The fraction of sp³-hybridized carbons (Fsp3) is 0.318. The number of H-pyrrole nitrogens is 1. The van der Waals surface area contributed by atoms with Gasteiger partial charge in [-0.2, -0.15) is 0 Å². The number of fused-ring (bicyclic) bond motifs is 3. The Bertz CT molecular complexity index is 1420. The number of aromatic nitrogens is 3. The summed E-state index contributed by atoms with van der Waals surface area (Å²) in [5.41, 5.74) is 6.77. The number of hydrogen-bond acceptors (Lipinski definition) is 7. The van der Waals surface area contributed by atoms with Crippen molar-refractivity contribution < 1.29 is 17.9 Å². The van der Waals surface area contributed by atoms with Crippen LogP contribution in [0.25, 0.3) is 21.8 Å². The number of primary amides is 1. The number of amides is 1. The number of carbonyl (C=O) groups is 1. The van der Waals surface area contributed by atoms with E-state index in [-0.39, 0.29) is 15.7 Å². The van der Waals surface area contributed by atoms with Crippen LogP contribution in [0.2, 0.25) is 0 Å². The van der Waals surface area contributed by atoms with Crippen molar-refractivity contribution in [3.05, 3.63) is 41.5 Å². The van der Waals surface area contributed by atoms with Crippen molar-refractivity contribution in [1.82, 2.24) is 15.0 Å². The molecule has 0 saturated heterocycles. The normalized spacial score (nSPS) is 15.2. The smallest absolute Gasteiger partial charge is 0.269 e. The molecule has 1 aliphatic rings. The number of anilines is 1. The third-order valence-electron chi connectivity index (χ3n) is 5.93. The molecule has 1 aliphatic carbocycles. The zero-order chi connectivity index (χ0) is 23.0. The first-order valence-electron chi connectivity index (χ1n) is 10.7. The molecular formula is C22H23N5O4S2. The van der Waals surface area contributed by atoms with Crippen LogP contribution >= 0.6 is 11.3 Å². The summed E-state index contributed by atoms with van der Waals surface area (Å²) >= 11 is 1.19. The third-order valence-corrected chi connectivity index (χ3v) is 8.08. The number of carbonyl (C=O) groups excluding carboxylic acids is 1. The molecule has 0 bridgehead atoms. The van der Waals surface area contributed by atoms with E-state index in [0.717, 1.165) is 12.8 Å². The van der Waals surface area contributed by atoms with E-state index >= 15 is 0 Å². The van der Waals surface area contributed by atoms with Gasteiger partial charge >= 0.3 is 0 Å². The summed E-state index contributed by atoms with van der Waals surface area (Å²) in [5, 5.41) is 3.22. The lowest BCUT2D eigenvalue weighted by molar-refractivity contribution is 0.0995. The molecular weight excluding hydrogens is 462 g/mol. The van der Waals surface area contributed by atoms with Crippen LogP contribution in [0.3, 0.4) is 0 Å². The molecule has 9 nitrogen and oxygen atoms in total. The summed E-state index contributed by atoms with van der Waals surface area (Å²) in [6.45, 7) is 0.524. The molecule has 4 aromatic rings. The van der Waals surface area contributed by atoms with Gasteiger partial charge in [0.15, 0.2) is 10.8 Å². The van der Waals surface area contributed by atoms with E-state index in [1.54, 1.807) is 23.6 Å². The second-order valence-electron chi connectivity index (χ2n) is 8.19. The lowest BCUT2D eigenvalue weighted by Crippen LogP contribution is -2.17. The van der Waals surface area contributed by atoms with Crippen LogP contribution < -0.4 is 15.2 Å². The molecule has 11 heteroatoms. The zero-order valence-corrected chi connectivity index (χ0v) is 19.3. The van der Waals surface area contributed by atoms with Crippen molar-refractivity contribution in [3.63, 3.8) is 0 Å². The maximum atomic E-state index is 12.9. The Balaban J connectivity index is 1.55. The van der Waals surface area contributed by atoms with Gasteiger partial charge in [0.05, 0.1) is 17.0 Å². The molecule has 3 heterocycles. The predicted octanol–water partition coefficient (Wildman–Crippen LogP) is 4.03. The van der Waals surface area contributed by atoms with Gasteiger partial charge in [0, 0.05) is 33.9 Å². The maximum Gasteiger partial charge on any atom is 0.269 e. The van der Waals surface area contributed by atoms with Gasteiger partial charge in [-0.15, -0.1) is 11.3 Å². The number of nitrogens with two attached hydrogens (primary N) is 1. The summed E-state index contributed by atoms with van der Waals surface area (Å²) in [5.74, 6) is 0.0785. The lowest BCUT2D eigenvalue weighted by atomic mass is 9.90. The zero-order valence-electron chi connectivity index (χ0n) is 17.7. The van der Waals surface area contributed by atoms with Crippen molar-refractivity contribution in [1.29, 1.82) is 0 Å². The van der Waals surface area contributed by atoms with E-state index < -0.39 is 15.9 Å². The summed E-state index contributed by atoms with van der Waals surface area (Å²) in [6, 6.07) is 6.43. The highest BCUT2D eigenvalue weighted by Gasteiger charge is 2.21. The van der Waals surface area contributed by atoms with Crippen LogP contribution in [0.1, 0.15) is 42.6 Å². The van der Waals surface area contributed by atoms with Gasteiger partial charge in [-0.25, -0.2) is 18.4 Å². The maximum absolute atomic E-state index is 12.9. The van der Waals surface area contributed by atoms with E-state index in [2.05, 4.69) is 19.7 Å². The highest BCUT2D eigenvalue weighted by molar-refractivity contribution is 7.93. The highest BCUT2D eigenvalue weighted by atomic mass is 32.2. The van der Waals surface area contributed by atoms with Gasteiger partial charge in [-0.1, -0.05) is 19.3 Å².